The zero-order valence-electron chi connectivity index (χ0n) is 16.5. The van der Waals surface area contributed by atoms with Crippen molar-refractivity contribution in [2.24, 2.45) is 0 Å². The molecule has 2 heterocycles. The van der Waals surface area contributed by atoms with Crippen molar-refractivity contribution >= 4 is 34.0 Å². The summed E-state index contributed by atoms with van der Waals surface area (Å²) in [6, 6.07) is 1.40. The molecule has 0 unspecified atom stereocenters. The molecule has 1 aliphatic rings. The van der Waals surface area contributed by atoms with Gasteiger partial charge in [-0.25, -0.2) is 4.79 Å². The third kappa shape index (κ3) is 4.81. The number of amides is 1. The highest BCUT2D eigenvalue weighted by atomic mass is 32.1. The molecule has 0 saturated heterocycles. The first-order valence-electron chi connectivity index (χ1n) is 9.71. The lowest BCUT2D eigenvalue weighted by Gasteiger charge is -2.12. The standard InChI is InChI=1S/C19H24N4O5S/c1-3-28-19(25)17-13-7-4-5-8-14(13)29-18(17)20-16(24)9-6-10-22-12(2)11-15(21-22)23(26)27/h11H,3-10H2,1-2H3,(H,20,24). The zero-order valence-corrected chi connectivity index (χ0v) is 17.3. The van der Waals surface area contributed by atoms with Crippen LogP contribution in [0, 0.1) is 17.0 Å². The van der Waals surface area contributed by atoms with Crippen molar-refractivity contribution in [3.8, 4) is 0 Å². The number of carbonyl (C=O) groups excluding carboxylic acids is 2. The normalized spacial score (nSPS) is 13.0. The van der Waals surface area contributed by atoms with Gasteiger partial charge >= 0.3 is 11.8 Å². The maximum absolute atomic E-state index is 12.5. The summed E-state index contributed by atoms with van der Waals surface area (Å²) in [6.07, 6.45) is 4.55. The minimum absolute atomic E-state index is 0.199. The van der Waals surface area contributed by atoms with Gasteiger partial charge in [-0.2, -0.15) is 4.68 Å². The average molecular weight is 420 g/mol. The molecule has 0 fully saturated rings. The minimum atomic E-state index is -0.536. The Morgan fingerprint density at radius 1 is 1.38 bits per heavy atom. The Labute approximate surface area is 172 Å². The van der Waals surface area contributed by atoms with Crippen molar-refractivity contribution in [2.75, 3.05) is 11.9 Å². The highest BCUT2D eigenvalue weighted by Gasteiger charge is 2.27. The second-order valence-electron chi connectivity index (χ2n) is 6.91. The van der Waals surface area contributed by atoms with E-state index in [1.54, 1.807) is 13.8 Å². The smallest absolute Gasteiger partial charge is 0.390 e. The second kappa shape index (κ2) is 9.17. The van der Waals surface area contributed by atoms with E-state index in [4.69, 9.17) is 4.74 Å². The van der Waals surface area contributed by atoms with Gasteiger partial charge in [0, 0.05) is 11.3 Å². The molecule has 3 rings (SSSR count). The van der Waals surface area contributed by atoms with Crippen LogP contribution < -0.4 is 5.32 Å². The van der Waals surface area contributed by atoms with Crippen LogP contribution in [0.2, 0.25) is 0 Å². The highest BCUT2D eigenvalue weighted by Crippen LogP contribution is 2.38. The van der Waals surface area contributed by atoms with Crippen molar-refractivity contribution in [2.45, 2.75) is 58.9 Å². The average Bonchev–Trinajstić information content (AvgIpc) is 3.22. The van der Waals surface area contributed by atoms with Crippen molar-refractivity contribution in [3.05, 3.63) is 37.9 Å². The number of hydrogen-bond donors (Lipinski definition) is 1. The largest absolute Gasteiger partial charge is 0.462 e. The molecule has 29 heavy (non-hydrogen) atoms. The van der Waals surface area contributed by atoms with Crippen LogP contribution in [0.1, 0.15) is 59.1 Å². The van der Waals surface area contributed by atoms with Crippen LogP contribution in [-0.2, 0) is 28.9 Å². The third-order valence-electron chi connectivity index (χ3n) is 4.83. The maximum atomic E-state index is 12.5. The number of nitro groups is 1. The van der Waals surface area contributed by atoms with Gasteiger partial charge in [0.1, 0.15) is 5.00 Å². The Morgan fingerprint density at radius 2 is 2.14 bits per heavy atom. The molecule has 0 radical (unpaired) electrons. The summed E-state index contributed by atoms with van der Waals surface area (Å²) in [5.74, 6) is -0.787. The van der Waals surface area contributed by atoms with Gasteiger partial charge in [-0.3, -0.25) is 4.79 Å². The van der Waals surface area contributed by atoms with Gasteiger partial charge in [0.05, 0.1) is 35.6 Å². The number of rotatable bonds is 8. The molecule has 2 aromatic heterocycles. The first-order valence-corrected chi connectivity index (χ1v) is 10.5. The third-order valence-corrected chi connectivity index (χ3v) is 6.04. The quantitative estimate of drug-likeness (QED) is 0.396. The number of hydrogen-bond acceptors (Lipinski definition) is 7. The van der Waals surface area contributed by atoms with Gasteiger partial charge in [0.15, 0.2) is 0 Å². The molecule has 9 nitrogen and oxygen atoms in total. The molecule has 1 N–H and O–H groups in total. The molecule has 1 amide bonds. The Bertz CT molecular complexity index is 933. The van der Waals surface area contributed by atoms with E-state index in [0.29, 0.717) is 29.2 Å². The summed E-state index contributed by atoms with van der Waals surface area (Å²) in [5, 5.41) is 18.1. The summed E-state index contributed by atoms with van der Waals surface area (Å²) in [6.45, 7) is 4.18. The molecule has 156 valence electrons. The van der Waals surface area contributed by atoms with Crippen LogP contribution in [0.15, 0.2) is 6.07 Å². The van der Waals surface area contributed by atoms with Gasteiger partial charge in [0.25, 0.3) is 0 Å². The lowest BCUT2D eigenvalue weighted by Crippen LogP contribution is -2.16. The molecule has 10 heteroatoms. The number of nitrogens with zero attached hydrogens (tertiary/aromatic N) is 3. The van der Waals surface area contributed by atoms with E-state index < -0.39 is 4.92 Å². The summed E-state index contributed by atoms with van der Waals surface area (Å²) >= 11 is 1.46. The number of thiophene rings is 1. The predicted octanol–water partition coefficient (Wildman–Crippen LogP) is 3.64. The fraction of sp³-hybridized carbons (Fsp3) is 0.526. The molecule has 0 saturated carbocycles. The summed E-state index contributed by atoms with van der Waals surface area (Å²) in [5.41, 5.74) is 2.18. The lowest BCUT2D eigenvalue weighted by atomic mass is 9.95. The van der Waals surface area contributed by atoms with Crippen LogP contribution in [-0.4, -0.2) is 33.2 Å². The number of esters is 1. The topological polar surface area (TPSA) is 116 Å². The second-order valence-corrected chi connectivity index (χ2v) is 8.02. The molecule has 0 bridgehead atoms. The van der Waals surface area contributed by atoms with Gasteiger partial charge in [-0.1, -0.05) is 0 Å². The van der Waals surface area contributed by atoms with E-state index in [9.17, 15) is 19.7 Å². The molecule has 1 aliphatic carbocycles. The maximum Gasteiger partial charge on any atom is 0.390 e. The van der Waals surface area contributed by atoms with E-state index in [0.717, 1.165) is 36.1 Å². The number of ether oxygens (including phenoxy) is 1. The number of carbonyl (C=O) groups is 2. The zero-order chi connectivity index (χ0) is 21.0. The molecular formula is C19H24N4O5S. The van der Waals surface area contributed by atoms with E-state index in [1.807, 2.05) is 0 Å². The van der Waals surface area contributed by atoms with Crippen molar-refractivity contribution in [1.29, 1.82) is 0 Å². The van der Waals surface area contributed by atoms with Crippen LogP contribution in [0.3, 0.4) is 0 Å². The lowest BCUT2D eigenvalue weighted by molar-refractivity contribution is -0.389. The molecular weight excluding hydrogens is 396 g/mol. The van der Waals surface area contributed by atoms with Gasteiger partial charge in [-0.15, -0.1) is 11.3 Å². The summed E-state index contributed by atoms with van der Waals surface area (Å²) in [7, 11) is 0. The number of anilines is 1. The van der Waals surface area contributed by atoms with Crippen LogP contribution in [0.5, 0.6) is 0 Å². The molecule has 0 aromatic carbocycles. The van der Waals surface area contributed by atoms with Crippen LogP contribution in [0.25, 0.3) is 0 Å². The van der Waals surface area contributed by atoms with E-state index in [-0.39, 0.29) is 30.7 Å². The molecule has 0 aliphatic heterocycles. The monoisotopic (exact) mass is 420 g/mol. The Balaban J connectivity index is 1.64. The Kier molecular flexibility index (Phi) is 6.63. The molecule has 0 atom stereocenters. The van der Waals surface area contributed by atoms with Gasteiger partial charge in [0.2, 0.25) is 5.91 Å². The minimum Gasteiger partial charge on any atom is -0.462 e. The number of aryl methyl sites for hydroxylation is 3. The summed E-state index contributed by atoms with van der Waals surface area (Å²) in [4.78, 5) is 36.3. The van der Waals surface area contributed by atoms with Gasteiger partial charge in [-0.05, 0) is 56.4 Å². The van der Waals surface area contributed by atoms with Gasteiger partial charge < -0.3 is 20.2 Å². The van der Waals surface area contributed by atoms with E-state index in [1.165, 1.54) is 22.1 Å². The van der Waals surface area contributed by atoms with Crippen LogP contribution in [0.4, 0.5) is 10.8 Å². The molecule has 2 aromatic rings. The first kappa shape index (κ1) is 21.0. The SMILES string of the molecule is CCOC(=O)c1c(NC(=O)CCCn2nc([N+](=O)[O-])cc2C)sc2c1CCCC2. The number of aromatic nitrogens is 2. The highest BCUT2D eigenvalue weighted by molar-refractivity contribution is 7.17. The fourth-order valence-electron chi connectivity index (χ4n) is 3.46. The first-order chi connectivity index (χ1) is 13.9. The fourth-order valence-corrected chi connectivity index (χ4v) is 4.75. The predicted molar refractivity (Wildman–Crippen MR) is 108 cm³/mol. The number of fused-ring (bicyclic) bond motifs is 1. The van der Waals surface area contributed by atoms with Crippen molar-refractivity contribution < 1.29 is 19.2 Å². The van der Waals surface area contributed by atoms with E-state index >= 15 is 0 Å². The van der Waals surface area contributed by atoms with Crippen molar-refractivity contribution in [3.63, 3.8) is 0 Å². The van der Waals surface area contributed by atoms with Crippen LogP contribution >= 0.6 is 11.3 Å². The van der Waals surface area contributed by atoms with Crippen molar-refractivity contribution in [1.82, 2.24) is 9.78 Å². The molecule has 0 spiro atoms. The van der Waals surface area contributed by atoms with E-state index in [2.05, 4.69) is 10.4 Å². The number of nitrogens with one attached hydrogen (secondary N) is 1. The Morgan fingerprint density at radius 3 is 2.83 bits per heavy atom. The Hall–Kier alpha value is -2.75. The summed E-state index contributed by atoms with van der Waals surface area (Å²) < 4.78 is 6.73.